The topological polar surface area (TPSA) is 68.0 Å². The first-order valence-corrected chi connectivity index (χ1v) is 4.57. The van der Waals surface area contributed by atoms with E-state index >= 15 is 0 Å². The molecular weight excluding hydrogens is 174 g/mol. The number of hydrogen-bond acceptors (Lipinski definition) is 4. The zero-order valence-corrected chi connectivity index (χ0v) is 7.65. The number of aromatic nitrogens is 1. The van der Waals surface area contributed by atoms with Crippen LogP contribution < -0.4 is 11.1 Å². The maximum atomic E-state index is 11.2. The van der Waals surface area contributed by atoms with E-state index in [2.05, 4.69) is 9.69 Å². The zero-order chi connectivity index (χ0) is 8.97. The van der Waals surface area contributed by atoms with Gasteiger partial charge in [0.2, 0.25) is 0 Å². The Balaban J connectivity index is 2.59. The molecule has 0 aliphatic heterocycles. The molecule has 0 fully saturated rings. The van der Waals surface area contributed by atoms with Crippen LogP contribution in [0.25, 0.3) is 0 Å². The van der Waals surface area contributed by atoms with Crippen molar-refractivity contribution in [3.05, 3.63) is 11.1 Å². The summed E-state index contributed by atoms with van der Waals surface area (Å²) in [5, 5.41) is 4.35. The van der Waals surface area contributed by atoms with Crippen LogP contribution in [0.1, 0.15) is 23.8 Å². The summed E-state index contributed by atoms with van der Waals surface area (Å²) in [7, 11) is 0. The monoisotopic (exact) mass is 185 g/mol. The van der Waals surface area contributed by atoms with Crippen LogP contribution in [0.5, 0.6) is 0 Å². The molecule has 3 N–H and O–H groups in total. The van der Waals surface area contributed by atoms with Gasteiger partial charge in [0.1, 0.15) is 0 Å². The van der Waals surface area contributed by atoms with Crippen molar-refractivity contribution in [1.82, 2.24) is 9.69 Å². The van der Waals surface area contributed by atoms with Gasteiger partial charge in [-0.2, -0.15) is 4.37 Å². The molecule has 0 saturated carbocycles. The molecule has 0 aliphatic carbocycles. The van der Waals surface area contributed by atoms with Gasteiger partial charge in [0.15, 0.2) is 5.69 Å². The van der Waals surface area contributed by atoms with Gasteiger partial charge in [0.25, 0.3) is 5.91 Å². The first-order valence-electron chi connectivity index (χ1n) is 3.73. The summed E-state index contributed by atoms with van der Waals surface area (Å²) < 4.78 is 3.87. The third-order valence-electron chi connectivity index (χ3n) is 1.35. The second kappa shape index (κ2) is 4.06. The number of carbonyl (C=O) groups excluding carboxylic acids is 1. The van der Waals surface area contributed by atoms with Gasteiger partial charge in [-0.25, -0.2) is 0 Å². The van der Waals surface area contributed by atoms with E-state index in [4.69, 9.17) is 5.73 Å². The van der Waals surface area contributed by atoms with E-state index in [1.54, 1.807) is 5.38 Å². The van der Waals surface area contributed by atoms with Gasteiger partial charge in [0, 0.05) is 11.9 Å². The Bertz CT molecular complexity index is 271. The number of nitrogens with zero attached hydrogens (tertiary/aromatic N) is 1. The fourth-order valence-electron chi connectivity index (χ4n) is 0.739. The van der Waals surface area contributed by atoms with Crippen molar-refractivity contribution in [1.29, 1.82) is 0 Å². The third kappa shape index (κ3) is 1.94. The summed E-state index contributed by atoms with van der Waals surface area (Å²) in [5.74, 6) is -0.185. The van der Waals surface area contributed by atoms with Crippen LogP contribution >= 0.6 is 11.5 Å². The van der Waals surface area contributed by atoms with Crippen LogP contribution in [0.15, 0.2) is 5.38 Å². The second-order valence-electron chi connectivity index (χ2n) is 2.37. The first kappa shape index (κ1) is 8.99. The highest BCUT2D eigenvalue weighted by molar-refractivity contribution is 7.04. The smallest absolute Gasteiger partial charge is 0.273 e. The minimum atomic E-state index is -0.185. The van der Waals surface area contributed by atoms with Crippen molar-refractivity contribution < 1.29 is 4.79 Å². The minimum absolute atomic E-state index is 0.185. The third-order valence-corrected chi connectivity index (χ3v) is 2.00. The lowest BCUT2D eigenvalue weighted by atomic mass is 10.3. The largest absolute Gasteiger partial charge is 0.396 e. The van der Waals surface area contributed by atoms with Crippen LogP contribution in [-0.4, -0.2) is 16.8 Å². The van der Waals surface area contributed by atoms with Gasteiger partial charge in [-0.1, -0.05) is 6.92 Å². The Morgan fingerprint density at radius 1 is 1.83 bits per heavy atom. The van der Waals surface area contributed by atoms with Crippen LogP contribution in [0, 0.1) is 0 Å². The summed E-state index contributed by atoms with van der Waals surface area (Å²) in [5.41, 5.74) is 6.29. The predicted octanol–water partition coefficient (Wildman–Crippen LogP) is 0.865. The maximum absolute atomic E-state index is 11.2. The second-order valence-corrected chi connectivity index (χ2v) is 3.00. The number of nitrogen functional groups attached to an aromatic ring is 1. The Labute approximate surface area is 74.9 Å². The van der Waals surface area contributed by atoms with Gasteiger partial charge in [-0.15, -0.1) is 0 Å². The summed E-state index contributed by atoms with van der Waals surface area (Å²) >= 11 is 1.19. The number of nitrogens with two attached hydrogens (primary N) is 1. The van der Waals surface area contributed by atoms with Gasteiger partial charge in [-0.3, -0.25) is 4.79 Å². The molecule has 0 aromatic carbocycles. The normalized spacial score (nSPS) is 9.75. The molecule has 1 heterocycles. The molecule has 5 heteroatoms. The van der Waals surface area contributed by atoms with Crippen molar-refractivity contribution in [3.63, 3.8) is 0 Å². The summed E-state index contributed by atoms with van der Waals surface area (Å²) in [6.45, 7) is 2.65. The Morgan fingerprint density at radius 3 is 3.08 bits per heavy atom. The van der Waals surface area contributed by atoms with Crippen molar-refractivity contribution in [2.45, 2.75) is 13.3 Å². The van der Waals surface area contributed by atoms with Crippen LogP contribution in [0.4, 0.5) is 5.69 Å². The number of nitrogens with one attached hydrogen (secondary N) is 1. The highest BCUT2D eigenvalue weighted by Gasteiger charge is 2.10. The number of rotatable bonds is 3. The number of anilines is 1. The van der Waals surface area contributed by atoms with Crippen molar-refractivity contribution in [3.8, 4) is 0 Å². The van der Waals surface area contributed by atoms with E-state index in [9.17, 15) is 4.79 Å². The van der Waals surface area contributed by atoms with E-state index in [0.29, 0.717) is 17.9 Å². The minimum Gasteiger partial charge on any atom is -0.396 e. The molecule has 66 valence electrons. The first-order chi connectivity index (χ1) is 5.75. The highest BCUT2D eigenvalue weighted by atomic mass is 32.1. The number of hydrogen-bond donors (Lipinski definition) is 2. The van der Waals surface area contributed by atoms with Gasteiger partial charge in [0.05, 0.1) is 5.69 Å². The molecule has 1 aromatic heterocycles. The molecule has 1 amide bonds. The standard InChI is InChI=1S/C7H11N3OS/c1-2-3-9-7(11)6-5(8)4-12-10-6/h4H,2-3,8H2,1H3,(H,9,11). The van der Waals surface area contributed by atoms with Crippen LogP contribution in [0.3, 0.4) is 0 Å². The lowest BCUT2D eigenvalue weighted by molar-refractivity contribution is 0.0950. The number of amides is 1. The van der Waals surface area contributed by atoms with Crippen molar-refractivity contribution >= 4 is 23.1 Å². The van der Waals surface area contributed by atoms with E-state index in [0.717, 1.165) is 6.42 Å². The molecular formula is C7H11N3OS. The molecule has 0 spiro atoms. The Morgan fingerprint density at radius 2 is 2.58 bits per heavy atom. The predicted molar refractivity (Wildman–Crippen MR) is 49.2 cm³/mol. The van der Waals surface area contributed by atoms with E-state index in [1.165, 1.54) is 11.5 Å². The average Bonchev–Trinajstić information content (AvgIpc) is 2.47. The summed E-state index contributed by atoms with van der Waals surface area (Å²) in [4.78, 5) is 11.2. The summed E-state index contributed by atoms with van der Waals surface area (Å²) in [6.07, 6.45) is 0.912. The molecule has 12 heavy (non-hydrogen) atoms. The van der Waals surface area contributed by atoms with Crippen molar-refractivity contribution in [2.24, 2.45) is 0 Å². The average molecular weight is 185 g/mol. The molecule has 1 rings (SSSR count). The SMILES string of the molecule is CCCNC(=O)c1nscc1N. The maximum Gasteiger partial charge on any atom is 0.273 e. The van der Waals surface area contributed by atoms with E-state index < -0.39 is 0 Å². The van der Waals surface area contributed by atoms with E-state index in [-0.39, 0.29) is 5.91 Å². The molecule has 4 nitrogen and oxygen atoms in total. The molecule has 1 aromatic rings. The molecule has 0 unspecified atom stereocenters. The Kier molecular flexibility index (Phi) is 3.04. The van der Waals surface area contributed by atoms with Gasteiger partial charge >= 0.3 is 0 Å². The highest BCUT2D eigenvalue weighted by Crippen LogP contribution is 2.11. The molecule has 0 aliphatic rings. The molecule has 0 saturated heterocycles. The fraction of sp³-hybridized carbons (Fsp3) is 0.429. The van der Waals surface area contributed by atoms with Gasteiger partial charge < -0.3 is 11.1 Å². The Hall–Kier alpha value is -1.10. The van der Waals surface area contributed by atoms with E-state index in [1.807, 2.05) is 6.92 Å². The number of carbonyl (C=O) groups is 1. The lowest BCUT2D eigenvalue weighted by Crippen LogP contribution is -2.24. The lowest BCUT2D eigenvalue weighted by Gasteiger charge is -1.99. The zero-order valence-electron chi connectivity index (χ0n) is 6.83. The molecule has 0 radical (unpaired) electrons. The summed E-state index contributed by atoms with van der Waals surface area (Å²) in [6, 6.07) is 0. The molecule has 0 atom stereocenters. The quantitative estimate of drug-likeness (QED) is 0.734. The fourth-order valence-corrected chi connectivity index (χ4v) is 1.31. The van der Waals surface area contributed by atoms with Gasteiger partial charge in [-0.05, 0) is 18.0 Å². The van der Waals surface area contributed by atoms with Crippen molar-refractivity contribution in [2.75, 3.05) is 12.3 Å². The molecule has 0 bridgehead atoms. The van der Waals surface area contributed by atoms with Crippen LogP contribution in [0.2, 0.25) is 0 Å². The van der Waals surface area contributed by atoms with Crippen LogP contribution in [-0.2, 0) is 0 Å².